The Kier molecular flexibility index (Phi) is 32.7. The number of amides is 1. The molecule has 0 spiro atoms. The molecule has 1 amide bonds. The molecule has 0 aromatic heterocycles. The predicted octanol–water partition coefficient (Wildman–Crippen LogP) is 7.69. The second-order valence-corrected chi connectivity index (χ2v) is 15.6. The zero-order valence-electron chi connectivity index (χ0n) is 34.3. The number of rotatable bonds is 36. The monoisotopic (exact) mass is 770 g/mol. The normalized spacial score (nSPS) is 22.3. The van der Waals surface area contributed by atoms with Crippen molar-refractivity contribution >= 4 is 5.91 Å². The molecule has 0 saturated carbocycles. The maximum atomic E-state index is 13.0. The quantitative estimate of drug-likeness (QED) is 0.0250. The molecule has 1 aliphatic rings. The van der Waals surface area contributed by atoms with Crippen molar-refractivity contribution < 1.29 is 44.9 Å². The van der Waals surface area contributed by atoms with Gasteiger partial charge in [-0.25, -0.2) is 0 Å². The minimum Gasteiger partial charge on any atom is -0.394 e. The molecule has 318 valence electrons. The summed E-state index contributed by atoms with van der Waals surface area (Å²) in [5.41, 5.74) is 0. The van der Waals surface area contributed by atoms with E-state index in [1.165, 1.54) is 122 Å². The second kappa shape index (κ2) is 34.8. The van der Waals surface area contributed by atoms with E-state index in [0.29, 0.717) is 6.42 Å². The highest BCUT2D eigenvalue weighted by Crippen LogP contribution is 2.22. The SMILES string of the molecule is CCCCCCCC/C=C\CCCCC(O)C(=O)NC(COC1OC(CO)C(O)C(O)C1O)C(O)/C=C/CCCCCCCCCCCCCCCCC. The van der Waals surface area contributed by atoms with Gasteiger partial charge in [-0.1, -0.05) is 167 Å². The molecule has 0 aromatic rings. The van der Waals surface area contributed by atoms with E-state index in [-0.39, 0.29) is 13.0 Å². The third-order valence-electron chi connectivity index (χ3n) is 10.6. The van der Waals surface area contributed by atoms with Crippen molar-refractivity contribution in [2.24, 2.45) is 0 Å². The summed E-state index contributed by atoms with van der Waals surface area (Å²) in [5.74, 6) is -0.633. The second-order valence-electron chi connectivity index (χ2n) is 15.6. The van der Waals surface area contributed by atoms with Crippen LogP contribution in [0.2, 0.25) is 0 Å². The third kappa shape index (κ3) is 25.0. The molecule has 0 radical (unpaired) electrons. The molecule has 7 N–H and O–H groups in total. The van der Waals surface area contributed by atoms with Gasteiger partial charge in [0.1, 0.15) is 30.5 Å². The molecule has 8 unspecified atom stereocenters. The van der Waals surface area contributed by atoms with Gasteiger partial charge >= 0.3 is 0 Å². The van der Waals surface area contributed by atoms with Crippen molar-refractivity contribution in [1.82, 2.24) is 5.32 Å². The van der Waals surface area contributed by atoms with Crippen LogP contribution in [0.1, 0.15) is 187 Å². The highest BCUT2D eigenvalue weighted by Gasteiger charge is 2.44. The topological polar surface area (TPSA) is 169 Å². The molecule has 10 heteroatoms. The summed E-state index contributed by atoms with van der Waals surface area (Å²) in [5, 5.41) is 64.5. The van der Waals surface area contributed by atoms with Crippen LogP contribution in [0.25, 0.3) is 0 Å². The van der Waals surface area contributed by atoms with Crippen LogP contribution in [0, 0.1) is 0 Å². The van der Waals surface area contributed by atoms with Gasteiger partial charge in [-0.15, -0.1) is 0 Å². The van der Waals surface area contributed by atoms with Crippen molar-refractivity contribution in [3.05, 3.63) is 24.3 Å². The number of carbonyl (C=O) groups is 1. The van der Waals surface area contributed by atoms with E-state index in [4.69, 9.17) is 9.47 Å². The summed E-state index contributed by atoms with van der Waals surface area (Å²) in [7, 11) is 0. The number of hydrogen-bond acceptors (Lipinski definition) is 9. The highest BCUT2D eigenvalue weighted by atomic mass is 16.7. The Bertz CT molecular complexity index is 916. The van der Waals surface area contributed by atoms with Crippen molar-refractivity contribution in [1.29, 1.82) is 0 Å². The summed E-state index contributed by atoms with van der Waals surface area (Å²) in [6, 6.07) is -0.985. The first-order chi connectivity index (χ1) is 26.3. The Balaban J connectivity index is 2.46. The van der Waals surface area contributed by atoms with Crippen molar-refractivity contribution in [2.45, 2.75) is 236 Å². The van der Waals surface area contributed by atoms with Crippen LogP contribution in [0.3, 0.4) is 0 Å². The summed E-state index contributed by atoms with van der Waals surface area (Å²) in [4.78, 5) is 13.0. The van der Waals surface area contributed by atoms with E-state index in [0.717, 1.165) is 38.5 Å². The van der Waals surface area contributed by atoms with Gasteiger partial charge in [-0.3, -0.25) is 4.79 Å². The van der Waals surface area contributed by atoms with Crippen molar-refractivity contribution in [2.75, 3.05) is 13.2 Å². The zero-order chi connectivity index (χ0) is 39.7. The predicted molar refractivity (Wildman–Crippen MR) is 218 cm³/mol. The lowest BCUT2D eigenvalue weighted by Gasteiger charge is -2.40. The fourth-order valence-electron chi connectivity index (χ4n) is 6.92. The summed E-state index contributed by atoms with van der Waals surface area (Å²) < 4.78 is 11.1. The number of aliphatic hydroxyl groups excluding tert-OH is 6. The van der Waals surface area contributed by atoms with Gasteiger partial charge < -0.3 is 45.4 Å². The molecule has 1 saturated heterocycles. The van der Waals surface area contributed by atoms with E-state index in [2.05, 4.69) is 31.3 Å². The maximum Gasteiger partial charge on any atom is 0.249 e. The van der Waals surface area contributed by atoms with Crippen LogP contribution in [0.4, 0.5) is 0 Å². The van der Waals surface area contributed by atoms with Crippen LogP contribution < -0.4 is 5.32 Å². The summed E-state index contributed by atoms with van der Waals surface area (Å²) in [6.07, 6.45) is 29.8. The molecule has 0 aromatic carbocycles. The van der Waals surface area contributed by atoms with Crippen LogP contribution >= 0.6 is 0 Å². The van der Waals surface area contributed by atoms with Crippen LogP contribution in [0.15, 0.2) is 24.3 Å². The number of carbonyl (C=O) groups excluding carboxylic acids is 1. The van der Waals surface area contributed by atoms with Gasteiger partial charge in [0.2, 0.25) is 5.91 Å². The molecule has 0 aliphatic carbocycles. The molecule has 10 nitrogen and oxygen atoms in total. The largest absolute Gasteiger partial charge is 0.394 e. The fourth-order valence-corrected chi connectivity index (χ4v) is 6.92. The minimum atomic E-state index is -1.61. The van der Waals surface area contributed by atoms with Gasteiger partial charge in [-0.2, -0.15) is 0 Å². The summed E-state index contributed by atoms with van der Waals surface area (Å²) in [6.45, 7) is 3.57. The molecule has 1 aliphatic heterocycles. The van der Waals surface area contributed by atoms with Gasteiger partial charge in [0.25, 0.3) is 0 Å². The number of ether oxygens (including phenoxy) is 2. The molecule has 54 heavy (non-hydrogen) atoms. The number of allylic oxidation sites excluding steroid dienone is 3. The maximum absolute atomic E-state index is 13.0. The van der Waals surface area contributed by atoms with E-state index in [1.807, 2.05) is 6.08 Å². The first-order valence-corrected chi connectivity index (χ1v) is 22.2. The van der Waals surface area contributed by atoms with E-state index in [9.17, 15) is 35.4 Å². The number of nitrogens with one attached hydrogen (secondary N) is 1. The Morgan fingerprint density at radius 3 is 1.56 bits per heavy atom. The fraction of sp³-hybridized carbons (Fsp3) is 0.886. The van der Waals surface area contributed by atoms with Gasteiger partial charge in [0.05, 0.1) is 25.4 Å². The van der Waals surface area contributed by atoms with Gasteiger partial charge in [0.15, 0.2) is 6.29 Å². The molecule has 1 fully saturated rings. The number of hydrogen-bond donors (Lipinski definition) is 7. The zero-order valence-corrected chi connectivity index (χ0v) is 34.3. The Morgan fingerprint density at radius 2 is 1.07 bits per heavy atom. The average Bonchev–Trinajstić information content (AvgIpc) is 3.17. The van der Waals surface area contributed by atoms with Crippen molar-refractivity contribution in [3.63, 3.8) is 0 Å². The van der Waals surface area contributed by atoms with E-state index in [1.54, 1.807) is 6.08 Å². The van der Waals surface area contributed by atoms with Gasteiger partial charge in [-0.05, 0) is 44.9 Å². The molecule has 1 heterocycles. The first kappa shape index (κ1) is 50.6. The number of aliphatic hydroxyl groups is 6. The molecule has 0 bridgehead atoms. The average molecular weight is 770 g/mol. The highest BCUT2D eigenvalue weighted by molar-refractivity contribution is 5.80. The smallest absolute Gasteiger partial charge is 0.249 e. The van der Waals surface area contributed by atoms with Crippen LogP contribution in [-0.2, 0) is 14.3 Å². The van der Waals surface area contributed by atoms with Crippen LogP contribution in [0.5, 0.6) is 0 Å². The van der Waals surface area contributed by atoms with Gasteiger partial charge in [0, 0.05) is 0 Å². The Morgan fingerprint density at radius 1 is 0.630 bits per heavy atom. The summed E-state index contributed by atoms with van der Waals surface area (Å²) >= 11 is 0. The Labute approximate surface area is 329 Å². The molecular formula is C44H83NO9. The van der Waals surface area contributed by atoms with E-state index < -0.39 is 61.5 Å². The van der Waals surface area contributed by atoms with Crippen molar-refractivity contribution in [3.8, 4) is 0 Å². The lowest BCUT2D eigenvalue weighted by molar-refractivity contribution is -0.302. The minimum absolute atomic E-state index is 0.280. The standard InChI is InChI=1S/C44H83NO9/c1-3-5-7-9-11-13-15-17-18-19-20-21-23-24-26-28-30-32-37(47)36(35-53-44-42(51)41(50)40(49)39(34-46)54-44)45-43(52)38(48)33-31-29-27-25-22-16-14-12-10-8-6-4-2/h22,25,30,32,36-42,44,46-51H,3-21,23-24,26-29,31,33-35H2,1-2H3,(H,45,52)/b25-22-,32-30+. The lowest BCUT2D eigenvalue weighted by Crippen LogP contribution is -2.60. The van der Waals surface area contributed by atoms with E-state index >= 15 is 0 Å². The molecule has 8 atom stereocenters. The lowest BCUT2D eigenvalue weighted by atomic mass is 9.99. The Hall–Kier alpha value is -1.37. The first-order valence-electron chi connectivity index (χ1n) is 22.2. The molecular weight excluding hydrogens is 686 g/mol. The molecule has 1 rings (SSSR count). The van der Waals surface area contributed by atoms with Crippen LogP contribution in [-0.4, -0.2) is 98.7 Å². The number of unbranched alkanes of at least 4 members (excludes halogenated alkanes) is 23. The third-order valence-corrected chi connectivity index (χ3v) is 10.6.